The van der Waals surface area contributed by atoms with Gasteiger partial charge in [0.2, 0.25) is 0 Å². The van der Waals surface area contributed by atoms with Gasteiger partial charge in [-0.2, -0.15) is 0 Å². The number of aliphatic hydroxyl groups is 1. The Hall–Kier alpha value is -0.0600. The Bertz CT molecular complexity index is 327. The van der Waals surface area contributed by atoms with Gasteiger partial charge in [-0.1, -0.05) is 37.9 Å². The van der Waals surface area contributed by atoms with Crippen LogP contribution in [0.5, 0.6) is 5.75 Å². The molecule has 13 heavy (non-hydrogen) atoms. The van der Waals surface area contributed by atoms with Crippen LogP contribution in [0.1, 0.15) is 11.7 Å². The van der Waals surface area contributed by atoms with Crippen molar-refractivity contribution >= 4 is 31.9 Å². The summed E-state index contributed by atoms with van der Waals surface area (Å²) < 4.78 is 6.41. The second-order valence-corrected chi connectivity index (χ2v) is 5.05. The number of hydrogen-bond acceptors (Lipinski definition) is 2. The molecule has 0 saturated carbocycles. The van der Waals surface area contributed by atoms with Crippen molar-refractivity contribution in [3.05, 3.63) is 28.2 Å². The van der Waals surface area contributed by atoms with E-state index >= 15 is 0 Å². The predicted molar refractivity (Wildman–Crippen MR) is 57.3 cm³/mol. The fourth-order valence-electron chi connectivity index (χ4n) is 1.33. The molecule has 0 aliphatic carbocycles. The van der Waals surface area contributed by atoms with E-state index in [1.54, 1.807) is 0 Å². The summed E-state index contributed by atoms with van der Waals surface area (Å²) in [5, 5.41) is 9.78. The molecule has 0 spiro atoms. The number of rotatable bonds is 0. The molecule has 0 bridgehead atoms. The molecule has 2 nitrogen and oxygen atoms in total. The van der Waals surface area contributed by atoms with Crippen LogP contribution in [-0.4, -0.2) is 16.5 Å². The highest BCUT2D eigenvalue weighted by atomic mass is 79.9. The Morgan fingerprint density at radius 1 is 1.46 bits per heavy atom. The van der Waals surface area contributed by atoms with Crippen molar-refractivity contribution < 1.29 is 9.84 Å². The number of fused-ring (bicyclic) bond motifs is 1. The molecule has 1 aromatic carbocycles. The molecule has 0 amide bonds. The molecule has 2 atom stereocenters. The SMILES string of the molecule is O[C@@H]1c2ccc(Br)cc2OC[C@@H]1Br. The van der Waals surface area contributed by atoms with Crippen molar-refractivity contribution in [1.29, 1.82) is 0 Å². The normalized spacial score (nSPS) is 26.4. The largest absolute Gasteiger partial charge is 0.492 e. The number of ether oxygens (including phenoxy) is 1. The number of benzene rings is 1. The summed E-state index contributed by atoms with van der Waals surface area (Å²) in [7, 11) is 0. The maximum Gasteiger partial charge on any atom is 0.126 e. The van der Waals surface area contributed by atoms with Gasteiger partial charge in [0.05, 0.1) is 10.9 Å². The predicted octanol–water partition coefficient (Wildman–Crippen LogP) is 2.64. The Balaban J connectivity index is 2.44. The average Bonchev–Trinajstić information content (AvgIpc) is 2.12. The first-order valence-electron chi connectivity index (χ1n) is 3.93. The molecule has 4 heteroatoms. The third-order valence-corrected chi connectivity index (χ3v) is 3.29. The summed E-state index contributed by atoms with van der Waals surface area (Å²) in [5.41, 5.74) is 0.844. The third-order valence-electron chi connectivity index (χ3n) is 2.03. The molecule has 0 fully saturated rings. The number of aliphatic hydroxyl groups excluding tert-OH is 1. The van der Waals surface area contributed by atoms with Crippen LogP contribution in [0, 0.1) is 0 Å². The Morgan fingerprint density at radius 3 is 3.00 bits per heavy atom. The van der Waals surface area contributed by atoms with Gasteiger partial charge in [0, 0.05) is 10.0 Å². The zero-order valence-corrected chi connectivity index (χ0v) is 9.88. The molecule has 70 valence electrons. The Morgan fingerprint density at radius 2 is 2.23 bits per heavy atom. The van der Waals surface area contributed by atoms with Crippen LogP contribution in [0.3, 0.4) is 0 Å². The lowest BCUT2D eigenvalue weighted by Gasteiger charge is -2.26. The van der Waals surface area contributed by atoms with Crippen LogP contribution < -0.4 is 4.74 Å². The topological polar surface area (TPSA) is 29.5 Å². The first-order chi connectivity index (χ1) is 6.18. The zero-order valence-electron chi connectivity index (χ0n) is 6.71. The van der Waals surface area contributed by atoms with Gasteiger partial charge in [0.15, 0.2) is 0 Å². The third kappa shape index (κ3) is 1.75. The highest BCUT2D eigenvalue weighted by Gasteiger charge is 2.27. The van der Waals surface area contributed by atoms with Gasteiger partial charge >= 0.3 is 0 Å². The van der Waals surface area contributed by atoms with Crippen molar-refractivity contribution in [2.45, 2.75) is 10.9 Å². The smallest absolute Gasteiger partial charge is 0.126 e. The minimum absolute atomic E-state index is 0.0128. The van der Waals surface area contributed by atoms with E-state index in [-0.39, 0.29) is 4.83 Å². The number of hydrogen-bond donors (Lipinski definition) is 1. The quantitative estimate of drug-likeness (QED) is 0.747. The monoisotopic (exact) mass is 306 g/mol. The minimum Gasteiger partial charge on any atom is -0.492 e. The van der Waals surface area contributed by atoms with E-state index in [4.69, 9.17) is 4.74 Å². The van der Waals surface area contributed by atoms with E-state index in [0.717, 1.165) is 15.8 Å². The van der Waals surface area contributed by atoms with Gasteiger partial charge < -0.3 is 9.84 Å². The molecule has 1 aliphatic rings. The van der Waals surface area contributed by atoms with E-state index in [1.165, 1.54) is 0 Å². The van der Waals surface area contributed by atoms with E-state index in [1.807, 2.05) is 18.2 Å². The second-order valence-electron chi connectivity index (χ2n) is 2.95. The van der Waals surface area contributed by atoms with Crippen LogP contribution in [-0.2, 0) is 0 Å². The molecule has 2 rings (SSSR count). The lowest BCUT2D eigenvalue weighted by Crippen LogP contribution is -2.25. The van der Waals surface area contributed by atoms with Crippen LogP contribution in [0.2, 0.25) is 0 Å². The summed E-state index contributed by atoms with van der Waals surface area (Å²) in [6, 6.07) is 5.64. The first kappa shape index (κ1) is 9.49. The molecule has 1 heterocycles. The number of halogens is 2. The van der Waals surface area contributed by atoms with Crippen molar-refractivity contribution in [1.82, 2.24) is 0 Å². The van der Waals surface area contributed by atoms with E-state index < -0.39 is 6.10 Å². The summed E-state index contributed by atoms with van der Waals surface area (Å²) in [6.07, 6.45) is -0.475. The van der Waals surface area contributed by atoms with E-state index in [2.05, 4.69) is 31.9 Å². The molecule has 1 aliphatic heterocycles. The van der Waals surface area contributed by atoms with Crippen LogP contribution in [0.4, 0.5) is 0 Å². The molecule has 0 unspecified atom stereocenters. The highest BCUT2D eigenvalue weighted by Crippen LogP contribution is 2.36. The van der Waals surface area contributed by atoms with E-state index in [9.17, 15) is 5.11 Å². The number of alkyl halides is 1. The molecule has 0 radical (unpaired) electrons. The molecule has 1 N–H and O–H groups in total. The summed E-state index contributed by atoms with van der Waals surface area (Å²) >= 11 is 6.71. The molecule has 1 aromatic rings. The first-order valence-corrected chi connectivity index (χ1v) is 5.64. The average molecular weight is 308 g/mol. The molecular formula is C9H8Br2O2. The fourth-order valence-corrected chi connectivity index (χ4v) is 2.09. The lowest BCUT2D eigenvalue weighted by molar-refractivity contribution is 0.125. The van der Waals surface area contributed by atoms with Gasteiger partial charge in [-0.3, -0.25) is 0 Å². The van der Waals surface area contributed by atoms with Crippen LogP contribution in [0.15, 0.2) is 22.7 Å². The second kappa shape index (κ2) is 3.59. The van der Waals surface area contributed by atoms with Crippen molar-refractivity contribution in [2.75, 3.05) is 6.61 Å². The summed E-state index contributed by atoms with van der Waals surface area (Å²) in [4.78, 5) is -0.0128. The minimum atomic E-state index is -0.475. The van der Waals surface area contributed by atoms with Gasteiger partial charge in [-0.25, -0.2) is 0 Å². The fraction of sp³-hybridized carbons (Fsp3) is 0.333. The molecule has 0 saturated heterocycles. The standard InChI is InChI=1S/C9H8Br2O2/c10-5-1-2-6-8(3-5)13-4-7(11)9(6)12/h1-3,7,9,12H,4H2/t7-,9+/m0/s1. The van der Waals surface area contributed by atoms with Crippen molar-refractivity contribution in [3.63, 3.8) is 0 Å². The molecular weight excluding hydrogens is 300 g/mol. The van der Waals surface area contributed by atoms with Crippen molar-refractivity contribution in [3.8, 4) is 5.75 Å². The van der Waals surface area contributed by atoms with Gasteiger partial charge in [0.1, 0.15) is 12.4 Å². The maximum absolute atomic E-state index is 9.78. The summed E-state index contributed by atoms with van der Waals surface area (Å²) in [6.45, 7) is 0.505. The van der Waals surface area contributed by atoms with Gasteiger partial charge in [-0.15, -0.1) is 0 Å². The summed E-state index contributed by atoms with van der Waals surface area (Å²) in [5.74, 6) is 0.762. The highest BCUT2D eigenvalue weighted by molar-refractivity contribution is 9.10. The van der Waals surface area contributed by atoms with Crippen molar-refractivity contribution in [2.24, 2.45) is 0 Å². The molecule has 0 aromatic heterocycles. The maximum atomic E-state index is 9.78. The van der Waals surface area contributed by atoms with Gasteiger partial charge in [0.25, 0.3) is 0 Å². The lowest BCUT2D eigenvalue weighted by atomic mass is 10.0. The zero-order chi connectivity index (χ0) is 9.42. The van der Waals surface area contributed by atoms with Crippen LogP contribution in [0.25, 0.3) is 0 Å². The van der Waals surface area contributed by atoms with Crippen LogP contribution >= 0.6 is 31.9 Å². The van der Waals surface area contributed by atoms with E-state index in [0.29, 0.717) is 6.61 Å². The van der Waals surface area contributed by atoms with Gasteiger partial charge in [-0.05, 0) is 12.1 Å². The Labute approximate surface area is 93.2 Å². The Kier molecular flexibility index (Phi) is 2.62.